The smallest absolute Gasteiger partial charge is 0.127 e. The van der Waals surface area contributed by atoms with Crippen molar-refractivity contribution in [3.63, 3.8) is 0 Å². The Hall–Kier alpha value is -0.870. The van der Waals surface area contributed by atoms with Crippen molar-refractivity contribution in [3.05, 3.63) is 45.6 Å². The number of benzene rings is 1. The highest BCUT2D eigenvalue weighted by molar-refractivity contribution is 9.10. The molecule has 0 bridgehead atoms. The summed E-state index contributed by atoms with van der Waals surface area (Å²) in [7, 11) is 0. The van der Waals surface area contributed by atoms with Crippen LogP contribution in [0.5, 0.6) is 0 Å². The van der Waals surface area contributed by atoms with Crippen LogP contribution in [-0.2, 0) is 0 Å². The van der Waals surface area contributed by atoms with E-state index in [1.54, 1.807) is 0 Å². The van der Waals surface area contributed by atoms with Gasteiger partial charge in [0.2, 0.25) is 0 Å². The van der Waals surface area contributed by atoms with Gasteiger partial charge in [-0.1, -0.05) is 28.1 Å². The molecular weight excluding hydrogens is 248 g/mol. The number of rotatable bonds is 1. The Kier molecular flexibility index (Phi) is 2.33. The first-order valence-electron chi connectivity index (χ1n) is 3.80. The van der Waals surface area contributed by atoms with Crippen LogP contribution in [0.4, 0.5) is 0 Å². The van der Waals surface area contributed by atoms with Crippen LogP contribution in [0.3, 0.4) is 0 Å². The zero-order valence-corrected chi connectivity index (χ0v) is 9.10. The summed E-state index contributed by atoms with van der Waals surface area (Å²) in [5.41, 5.74) is 1.04. The fraction of sp³-hybridized carbons (Fsp3) is 0. The van der Waals surface area contributed by atoms with E-state index < -0.39 is 0 Å². The largest absolute Gasteiger partial charge is 0.300 e. The number of aromatic nitrogens is 2. The van der Waals surface area contributed by atoms with Crippen LogP contribution < -0.4 is 0 Å². The first kappa shape index (κ1) is 8.72. The van der Waals surface area contributed by atoms with Crippen molar-refractivity contribution >= 4 is 28.1 Å². The molecule has 1 heterocycles. The molecule has 0 spiro atoms. The number of nitrogens with one attached hydrogen (secondary N) is 1. The van der Waals surface area contributed by atoms with Gasteiger partial charge in [-0.05, 0) is 30.3 Å². The quantitative estimate of drug-likeness (QED) is 0.775. The minimum Gasteiger partial charge on any atom is -0.300 e. The van der Waals surface area contributed by atoms with E-state index in [-0.39, 0.29) is 0 Å². The lowest BCUT2D eigenvalue weighted by molar-refractivity contribution is 0.869. The van der Waals surface area contributed by atoms with Crippen LogP contribution in [0.1, 0.15) is 0 Å². The Morgan fingerprint density at radius 1 is 1.15 bits per heavy atom. The van der Waals surface area contributed by atoms with Crippen LogP contribution in [0.15, 0.2) is 41.0 Å². The van der Waals surface area contributed by atoms with E-state index in [1.165, 1.54) is 0 Å². The van der Waals surface area contributed by atoms with E-state index in [2.05, 4.69) is 21.0 Å². The summed E-state index contributed by atoms with van der Waals surface area (Å²) in [6, 6.07) is 9.82. The molecule has 0 aliphatic rings. The van der Waals surface area contributed by atoms with Gasteiger partial charge in [-0.15, -0.1) is 0 Å². The van der Waals surface area contributed by atoms with Gasteiger partial charge in [-0.2, -0.15) is 0 Å². The zero-order chi connectivity index (χ0) is 9.26. The van der Waals surface area contributed by atoms with Gasteiger partial charge in [0, 0.05) is 10.7 Å². The summed E-state index contributed by atoms with van der Waals surface area (Å²) in [4.78, 5) is 0. The molecule has 0 saturated carbocycles. The number of halogens is 1. The predicted octanol–water partition coefficient (Wildman–Crippen LogP) is 3.30. The Morgan fingerprint density at radius 3 is 2.38 bits per heavy atom. The average Bonchev–Trinajstić information content (AvgIpc) is 2.53. The summed E-state index contributed by atoms with van der Waals surface area (Å²) in [5, 5.41) is 3.04. The van der Waals surface area contributed by atoms with E-state index in [1.807, 2.05) is 41.2 Å². The highest BCUT2D eigenvalue weighted by Gasteiger charge is 1.95. The lowest BCUT2D eigenvalue weighted by atomic mass is 10.3. The standard InChI is InChI=1S/C9H7BrN2S/c10-7-1-3-8(4-2-7)12-9(13)5-6-11-12/h1-6,11H. The molecule has 0 unspecified atom stereocenters. The molecule has 2 aromatic rings. The average molecular weight is 255 g/mol. The molecule has 1 aromatic carbocycles. The molecule has 1 N–H and O–H groups in total. The van der Waals surface area contributed by atoms with Crippen molar-refractivity contribution in [2.45, 2.75) is 0 Å². The third-order valence-corrected chi connectivity index (χ3v) is 2.58. The van der Waals surface area contributed by atoms with Crippen molar-refractivity contribution in [1.29, 1.82) is 0 Å². The molecule has 2 nitrogen and oxygen atoms in total. The van der Waals surface area contributed by atoms with Crippen LogP contribution in [0.2, 0.25) is 0 Å². The first-order valence-corrected chi connectivity index (χ1v) is 5.00. The molecule has 0 aliphatic heterocycles. The third-order valence-electron chi connectivity index (χ3n) is 1.73. The molecule has 2 rings (SSSR count). The molecule has 0 amide bonds. The number of hydrogen-bond acceptors (Lipinski definition) is 1. The summed E-state index contributed by atoms with van der Waals surface area (Å²) in [6.45, 7) is 0. The fourth-order valence-electron chi connectivity index (χ4n) is 1.11. The fourth-order valence-corrected chi connectivity index (χ4v) is 1.60. The molecule has 0 fully saturated rings. The summed E-state index contributed by atoms with van der Waals surface area (Å²) < 4.78 is 3.69. The molecular formula is C9H7BrN2S. The molecule has 4 heteroatoms. The second-order valence-corrected chi connectivity index (χ2v) is 3.95. The van der Waals surface area contributed by atoms with Crippen molar-refractivity contribution in [1.82, 2.24) is 9.78 Å². The monoisotopic (exact) mass is 254 g/mol. The topological polar surface area (TPSA) is 20.7 Å². The van der Waals surface area contributed by atoms with Crippen molar-refractivity contribution in [2.75, 3.05) is 0 Å². The van der Waals surface area contributed by atoms with Crippen LogP contribution in [-0.4, -0.2) is 9.78 Å². The van der Waals surface area contributed by atoms with Crippen molar-refractivity contribution < 1.29 is 0 Å². The van der Waals surface area contributed by atoms with Gasteiger partial charge in [0.15, 0.2) is 0 Å². The molecule has 0 atom stereocenters. The van der Waals surface area contributed by atoms with Crippen molar-refractivity contribution in [3.8, 4) is 5.69 Å². The second-order valence-electron chi connectivity index (χ2n) is 2.61. The van der Waals surface area contributed by atoms with E-state index >= 15 is 0 Å². The van der Waals surface area contributed by atoms with Crippen LogP contribution in [0.25, 0.3) is 5.69 Å². The Labute approximate surface area is 89.3 Å². The van der Waals surface area contributed by atoms with Gasteiger partial charge in [-0.25, -0.2) is 4.68 Å². The van der Waals surface area contributed by atoms with E-state index in [0.717, 1.165) is 14.8 Å². The molecule has 13 heavy (non-hydrogen) atoms. The maximum atomic E-state index is 5.12. The van der Waals surface area contributed by atoms with E-state index in [0.29, 0.717) is 0 Å². The Balaban J connectivity index is 2.54. The predicted molar refractivity (Wildman–Crippen MR) is 58.7 cm³/mol. The first-order chi connectivity index (χ1) is 6.27. The summed E-state index contributed by atoms with van der Waals surface area (Å²) >= 11 is 8.50. The third kappa shape index (κ3) is 1.73. The minimum atomic E-state index is 0.780. The van der Waals surface area contributed by atoms with Gasteiger partial charge in [0.05, 0.1) is 5.69 Å². The van der Waals surface area contributed by atoms with Crippen molar-refractivity contribution in [2.24, 2.45) is 0 Å². The highest BCUT2D eigenvalue weighted by Crippen LogP contribution is 2.13. The van der Waals surface area contributed by atoms with Gasteiger partial charge in [0.25, 0.3) is 0 Å². The molecule has 66 valence electrons. The lowest BCUT2D eigenvalue weighted by Gasteiger charge is -2.01. The Bertz CT molecular complexity index is 455. The number of aromatic amines is 1. The molecule has 0 aliphatic carbocycles. The Morgan fingerprint density at radius 2 is 1.85 bits per heavy atom. The summed E-state index contributed by atoms with van der Waals surface area (Å²) in [6.07, 6.45) is 1.82. The lowest BCUT2D eigenvalue weighted by Crippen LogP contribution is -1.94. The van der Waals surface area contributed by atoms with E-state index in [4.69, 9.17) is 12.2 Å². The van der Waals surface area contributed by atoms with Gasteiger partial charge >= 0.3 is 0 Å². The summed E-state index contributed by atoms with van der Waals surface area (Å²) in [5.74, 6) is 0. The minimum absolute atomic E-state index is 0.780. The number of H-pyrrole nitrogens is 1. The number of nitrogens with zero attached hydrogens (tertiary/aromatic N) is 1. The SMILES string of the molecule is S=c1cc[nH]n1-c1ccc(Br)cc1. The molecule has 0 saturated heterocycles. The van der Waals surface area contributed by atoms with E-state index in [9.17, 15) is 0 Å². The second kappa shape index (κ2) is 3.47. The molecule has 1 aromatic heterocycles. The maximum absolute atomic E-state index is 5.12. The molecule has 0 radical (unpaired) electrons. The zero-order valence-electron chi connectivity index (χ0n) is 6.70. The van der Waals surface area contributed by atoms with Gasteiger partial charge in [-0.3, -0.25) is 0 Å². The normalized spacial score (nSPS) is 10.2. The maximum Gasteiger partial charge on any atom is 0.127 e. The highest BCUT2D eigenvalue weighted by atomic mass is 79.9. The van der Waals surface area contributed by atoms with Gasteiger partial charge in [0.1, 0.15) is 4.64 Å². The van der Waals surface area contributed by atoms with Gasteiger partial charge < -0.3 is 5.10 Å². The van der Waals surface area contributed by atoms with Crippen LogP contribution >= 0.6 is 28.1 Å². The number of hydrogen-bond donors (Lipinski definition) is 1. The van der Waals surface area contributed by atoms with Crippen LogP contribution in [0, 0.1) is 4.64 Å².